The lowest BCUT2D eigenvalue weighted by Gasteiger charge is -2.36. The highest BCUT2D eigenvalue weighted by atomic mass is 32.2. The monoisotopic (exact) mass is 456 g/mol. The van der Waals surface area contributed by atoms with Crippen LogP contribution in [0, 0.1) is 0 Å². The van der Waals surface area contributed by atoms with Gasteiger partial charge in [-0.2, -0.15) is 0 Å². The van der Waals surface area contributed by atoms with E-state index in [9.17, 15) is 13.2 Å². The van der Waals surface area contributed by atoms with Crippen LogP contribution in [0.4, 0.5) is 0 Å². The van der Waals surface area contributed by atoms with Crippen molar-refractivity contribution in [2.24, 2.45) is 0 Å². The minimum absolute atomic E-state index is 0.0685. The number of amides is 1. The van der Waals surface area contributed by atoms with Gasteiger partial charge < -0.3 is 9.64 Å². The van der Waals surface area contributed by atoms with Gasteiger partial charge in [0.25, 0.3) is 5.91 Å². The molecule has 0 aliphatic carbocycles. The van der Waals surface area contributed by atoms with Crippen molar-refractivity contribution in [2.75, 3.05) is 26.8 Å². The van der Waals surface area contributed by atoms with Gasteiger partial charge in [0, 0.05) is 30.6 Å². The van der Waals surface area contributed by atoms with E-state index in [4.69, 9.17) is 4.74 Å². The third-order valence-electron chi connectivity index (χ3n) is 5.33. The summed E-state index contributed by atoms with van der Waals surface area (Å²) in [4.78, 5) is 16.7. The van der Waals surface area contributed by atoms with Crippen LogP contribution in [-0.4, -0.2) is 46.0 Å². The lowest BCUT2D eigenvalue weighted by molar-refractivity contribution is 0.0696. The van der Waals surface area contributed by atoms with Crippen LogP contribution in [0.2, 0.25) is 0 Å². The molecule has 2 heterocycles. The number of thiophene rings is 1. The molecule has 0 radical (unpaired) electrons. The summed E-state index contributed by atoms with van der Waals surface area (Å²) < 4.78 is 32.6. The molecule has 1 aliphatic heterocycles. The number of sulfonamides is 1. The van der Waals surface area contributed by atoms with Crippen LogP contribution in [-0.2, 0) is 21.2 Å². The molecule has 0 spiro atoms. The predicted octanol–water partition coefficient (Wildman–Crippen LogP) is 3.46. The van der Waals surface area contributed by atoms with Crippen molar-refractivity contribution in [1.82, 2.24) is 9.62 Å². The zero-order valence-corrected chi connectivity index (χ0v) is 18.8. The molecule has 1 atom stereocenters. The Morgan fingerprint density at radius 2 is 1.97 bits per heavy atom. The van der Waals surface area contributed by atoms with E-state index in [-0.39, 0.29) is 30.0 Å². The first-order valence-electron chi connectivity index (χ1n) is 10.0. The van der Waals surface area contributed by atoms with Gasteiger partial charge in [-0.25, -0.2) is 13.1 Å². The molecule has 31 heavy (non-hydrogen) atoms. The number of rotatable bonds is 7. The van der Waals surface area contributed by atoms with Crippen molar-refractivity contribution >= 4 is 27.3 Å². The Morgan fingerprint density at radius 1 is 1.16 bits per heavy atom. The first kappa shape index (κ1) is 21.7. The number of hydrogen-bond donors (Lipinski definition) is 1. The first-order valence-corrected chi connectivity index (χ1v) is 12.4. The topological polar surface area (TPSA) is 75.7 Å². The molecule has 8 heteroatoms. The number of methoxy groups -OCH3 is 1. The van der Waals surface area contributed by atoms with Crippen LogP contribution >= 0.6 is 11.3 Å². The normalized spacial score (nSPS) is 16.2. The summed E-state index contributed by atoms with van der Waals surface area (Å²) in [7, 11) is -2.22. The van der Waals surface area contributed by atoms with E-state index in [1.807, 2.05) is 35.2 Å². The molecule has 4 rings (SSSR count). The number of fused-ring (bicyclic) bond motifs is 1. The molecule has 2 aromatic carbocycles. The summed E-state index contributed by atoms with van der Waals surface area (Å²) in [5, 5.41) is 2.06. The molecule has 1 aliphatic rings. The van der Waals surface area contributed by atoms with E-state index in [0.717, 1.165) is 17.5 Å². The van der Waals surface area contributed by atoms with Gasteiger partial charge in [0.15, 0.2) is 0 Å². The van der Waals surface area contributed by atoms with Gasteiger partial charge in [-0.3, -0.25) is 4.79 Å². The van der Waals surface area contributed by atoms with E-state index in [0.29, 0.717) is 12.1 Å². The molecule has 1 amide bonds. The van der Waals surface area contributed by atoms with Gasteiger partial charge in [0.05, 0.1) is 17.5 Å². The van der Waals surface area contributed by atoms with Crippen LogP contribution in [0.3, 0.4) is 0 Å². The minimum Gasteiger partial charge on any atom is -0.383 e. The van der Waals surface area contributed by atoms with Gasteiger partial charge in [-0.05, 0) is 47.2 Å². The van der Waals surface area contributed by atoms with E-state index < -0.39 is 10.0 Å². The molecular weight excluding hydrogens is 432 g/mol. The largest absolute Gasteiger partial charge is 0.383 e. The van der Waals surface area contributed by atoms with E-state index in [1.54, 1.807) is 23.5 Å². The first-order chi connectivity index (χ1) is 15.0. The summed E-state index contributed by atoms with van der Waals surface area (Å²) in [6.45, 7) is 1.02. The van der Waals surface area contributed by atoms with Crippen LogP contribution < -0.4 is 4.72 Å². The molecule has 1 N–H and O–H groups in total. The highest BCUT2D eigenvalue weighted by Gasteiger charge is 2.33. The Bertz CT molecular complexity index is 1160. The molecule has 0 bridgehead atoms. The van der Waals surface area contributed by atoms with Crippen LogP contribution in [0.5, 0.6) is 0 Å². The summed E-state index contributed by atoms with van der Waals surface area (Å²) in [6.07, 6.45) is 0.790. The van der Waals surface area contributed by atoms with E-state index in [2.05, 4.69) is 16.2 Å². The highest BCUT2D eigenvalue weighted by Crippen LogP contribution is 2.38. The average molecular weight is 457 g/mol. The zero-order valence-electron chi connectivity index (χ0n) is 17.2. The maximum absolute atomic E-state index is 13.5. The number of nitrogens with zero attached hydrogens (tertiary/aromatic N) is 1. The second-order valence-electron chi connectivity index (χ2n) is 7.28. The Kier molecular flexibility index (Phi) is 6.52. The third kappa shape index (κ3) is 4.57. The summed E-state index contributed by atoms with van der Waals surface area (Å²) in [6, 6.07) is 18.1. The Hall–Kier alpha value is -2.52. The fraction of sp³-hybridized carbons (Fsp3) is 0.261. The quantitative estimate of drug-likeness (QED) is 0.553. The van der Waals surface area contributed by atoms with Crippen molar-refractivity contribution < 1.29 is 17.9 Å². The van der Waals surface area contributed by atoms with Crippen molar-refractivity contribution in [3.8, 4) is 0 Å². The van der Waals surface area contributed by atoms with Gasteiger partial charge >= 0.3 is 0 Å². The summed E-state index contributed by atoms with van der Waals surface area (Å²) in [5.74, 6) is -0.181. The lowest BCUT2D eigenvalue weighted by atomic mass is 9.92. The number of ether oxygens (including phenoxy) is 1. The molecule has 0 saturated carbocycles. The summed E-state index contributed by atoms with van der Waals surface area (Å²) >= 11 is 1.71. The maximum atomic E-state index is 13.5. The molecule has 0 saturated heterocycles. The summed E-state index contributed by atoms with van der Waals surface area (Å²) in [5.41, 5.74) is 2.54. The zero-order chi connectivity index (χ0) is 21.8. The van der Waals surface area contributed by atoms with Gasteiger partial charge in [0.2, 0.25) is 10.0 Å². The lowest BCUT2D eigenvalue weighted by Crippen LogP contribution is -2.40. The Labute approximate surface area is 186 Å². The van der Waals surface area contributed by atoms with Crippen molar-refractivity contribution in [3.05, 3.63) is 87.6 Å². The molecule has 6 nitrogen and oxygen atoms in total. The van der Waals surface area contributed by atoms with E-state index in [1.165, 1.54) is 24.1 Å². The second-order valence-corrected chi connectivity index (χ2v) is 10.0. The van der Waals surface area contributed by atoms with Gasteiger partial charge in [-0.15, -0.1) is 11.3 Å². The van der Waals surface area contributed by atoms with E-state index >= 15 is 0 Å². The number of carbonyl (C=O) groups is 1. The number of hydrogen-bond acceptors (Lipinski definition) is 5. The Balaban J connectivity index is 1.66. The average Bonchev–Trinajstić information content (AvgIpc) is 3.27. The Morgan fingerprint density at radius 3 is 2.74 bits per heavy atom. The van der Waals surface area contributed by atoms with Crippen molar-refractivity contribution in [3.63, 3.8) is 0 Å². The standard InChI is InChI=1S/C23H24N2O4S2/c1-29-14-12-24-31(27,28)19-9-5-8-18(16-19)23(26)25-13-10-21-20(11-15-30-21)22(25)17-6-3-2-4-7-17/h2-9,11,15-16,22,24H,10,12-14H2,1H3. The molecular formula is C23H24N2O4S2. The van der Waals surface area contributed by atoms with Gasteiger partial charge in [0.1, 0.15) is 0 Å². The highest BCUT2D eigenvalue weighted by molar-refractivity contribution is 7.89. The number of carbonyl (C=O) groups excluding carboxylic acids is 1. The fourth-order valence-corrected chi connectivity index (χ4v) is 5.82. The molecule has 0 fully saturated rings. The third-order valence-corrected chi connectivity index (χ3v) is 7.79. The molecule has 162 valence electrons. The molecule has 1 aromatic heterocycles. The molecule has 1 unspecified atom stereocenters. The fourth-order valence-electron chi connectivity index (χ4n) is 3.85. The maximum Gasteiger partial charge on any atom is 0.254 e. The smallest absolute Gasteiger partial charge is 0.254 e. The number of benzene rings is 2. The SMILES string of the molecule is COCCNS(=O)(=O)c1cccc(C(=O)N2CCc3sccc3C2c2ccccc2)c1. The van der Waals surface area contributed by atoms with Crippen LogP contribution in [0.1, 0.15) is 32.4 Å². The van der Waals surface area contributed by atoms with Crippen LogP contribution in [0.25, 0.3) is 0 Å². The van der Waals surface area contributed by atoms with Gasteiger partial charge in [-0.1, -0.05) is 36.4 Å². The number of nitrogens with one attached hydrogen (secondary N) is 1. The van der Waals surface area contributed by atoms with Crippen molar-refractivity contribution in [2.45, 2.75) is 17.4 Å². The second kappa shape index (κ2) is 9.32. The molecule has 3 aromatic rings. The minimum atomic E-state index is -3.72. The van der Waals surface area contributed by atoms with Crippen LogP contribution in [0.15, 0.2) is 70.9 Å². The van der Waals surface area contributed by atoms with Crippen molar-refractivity contribution in [1.29, 1.82) is 0 Å². The predicted molar refractivity (Wildman–Crippen MR) is 121 cm³/mol.